The van der Waals surface area contributed by atoms with Gasteiger partial charge in [-0.05, 0) is 56.0 Å². The molecule has 0 saturated carbocycles. The molecule has 3 nitrogen and oxygen atoms in total. The van der Waals surface area contributed by atoms with Crippen molar-refractivity contribution in [3.05, 3.63) is 34.3 Å². The van der Waals surface area contributed by atoms with Gasteiger partial charge in [-0.2, -0.15) is 0 Å². The first-order valence-corrected chi connectivity index (χ1v) is 7.29. The number of hydrogen-bond donors (Lipinski definition) is 1. The van der Waals surface area contributed by atoms with Crippen LogP contribution in [0.25, 0.3) is 0 Å². The highest BCUT2D eigenvalue weighted by Crippen LogP contribution is 2.28. The molecular weight excluding hydrogens is 295 g/mol. The zero-order valence-corrected chi connectivity index (χ0v) is 13.1. The third-order valence-electron chi connectivity index (χ3n) is 4.49. The Hall–Kier alpha value is -0.770. The minimum atomic E-state index is 0. The van der Waals surface area contributed by atoms with Crippen molar-refractivity contribution in [3.63, 3.8) is 0 Å². The second-order valence-corrected chi connectivity index (χ2v) is 6.04. The van der Waals surface area contributed by atoms with Crippen LogP contribution in [0.4, 0.5) is 0 Å². The van der Waals surface area contributed by atoms with Gasteiger partial charge in [0, 0.05) is 23.7 Å². The van der Waals surface area contributed by atoms with Gasteiger partial charge in [-0.3, -0.25) is 4.79 Å². The van der Waals surface area contributed by atoms with Crippen molar-refractivity contribution in [2.75, 3.05) is 26.2 Å². The number of nitrogens with zero attached hydrogens (tertiary/aromatic N) is 1. The van der Waals surface area contributed by atoms with Gasteiger partial charge in [-0.25, -0.2) is 0 Å². The summed E-state index contributed by atoms with van der Waals surface area (Å²) in [5, 5.41) is 4.09. The molecule has 0 spiro atoms. The maximum absolute atomic E-state index is 12.6. The lowest BCUT2D eigenvalue weighted by molar-refractivity contribution is 0.0642. The minimum absolute atomic E-state index is 0. The maximum atomic E-state index is 12.6. The molecule has 3 rings (SSSR count). The van der Waals surface area contributed by atoms with Crippen molar-refractivity contribution < 1.29 is 4.79 Å². The molecule has 2 saturated heterocycles. The number of carbonyl (C=O) groups excluding carboxylic acids is 1. The van der Waals surface area contributed by atoms with Crippen LogP contribution in [-0.4, -0.2) is 37.0 Å². The molecule has 2 heterocycles. The van der Waals surface area contributed by atoms with Gasteiger partial charge in [0.05, 0.1) is 0 Å². The normalized spacial score (nSPS) is 25.0. The highest BCUT2D eigenvalue weighted by atomic mass is 35.5. The second-order valence-electron chi connectivity index (χ2n) is 5.63. The van der Waals surface area contributed by atoms with Crippen LogP contribution in [0.1, 0.15) is 22.3 Å². The Morgan fingerprint density at radius 2 is 2.10 bits per heavy atom. The summed E-state index contributed by atoms with van der Waals surface area (Å²) in [6.45, 7) is 5.82. The van der Waals surface area contributed by atoms with E-state index >= 15 is 0 Å². The van der Waals surface area contributed by atoms with Crippen molar-refractivity contribution in [2.24, 2.45) is 11.8 Å². The van der Waals surface area contributed by atoms with E-state index in [0.29, 0.717) is 10.9 Å². The Labute approximate surface area is 131 Å². The first kappa shape index (κ1) is 15.6. The van der Waals surface area contributed by atoms with Crippen LogP contribution in [-0.2, 0) is 0 Å². The van der Waals surface area contributed by atoms with Gasteiger partial charge in [0.2, 0.25) is 0 Å². The number of hydrogen-bond acceptors (Lipinski definition) is 2. The van der Waals surface area contributed by atoms with Crippen molar-refractivity contribution in [3.8, 4) is 0 Å². The van der Waals surface area contributed by atoms with E-state index < -0.39 is 0 Å². The molecule has 0 aliphatic carbocycles. The van der Waals surface area contributed by atoms with E-state index in [0.717, 1.165) is 49.6 Å². The van der Waals surface area contributed by atoms with Crippen LogP contribution in [0.5, 0.6) is 0 Å². The number of carbonyl (C=O) groups is 1. The summed E-state index contributed by atoms with van der Waals surface area (Å²) in [4.78, 5) is 14.6. The Bertz CT molecular complexity index is 507. The molecule has 1 aromatic carbocycles. The van der Waals surface area contributed by atoms with Crippen LogP contribution in [0, 0.1) is 18.8 Å². The fourth-order valence-electron chi connectivity index (χ4n) is 3.23. The Kier molecular flexibility index (Phi) is 4.95. The first-order chi connectivity index (χ1) is 9.16. The lowest BCUT2D eigenvalue weighted by Crippen LogP contribution is -2.43. The van der Waals surface area contributed by atoms with Crippen molar-refractivity contribution in [1.82, 2.24) is 10.2 Å². The third kappa shape index (κ3) is 2.80. The molecule has 1 aromatic rings. The van der Waals surface area contributed by atoms with Gasteiger partial charge in [0.25, 0.3) is 5.91 Å². The summed E-state index contributed by atoms with van der Waals surface area (Å²) in [5.41, 5.74) is 1.64. The zero-order valence-electron chi connectivity index (χ0n) is 11.6. The molecule has 2 aliphatic heterocycles. The highest BCUT2D eigenvalue weighted by Gasteiger charge is 2.34. The van der Waals surface area contributed by atoms with E-state index in [1.807, 2.05) is 30.0 Å². The quantitative estimate of drug-likeness (QED) is 0.864. The highest BCUT2D eigenvalue weighted by molar-refractivity contribution is 6.31. The van der Waals surface area contributed by atoms with Crippen molar-refractivity contribution >= 4 is 29.9 Å². The lowest BCUT2D eigenvalue weighted by atomic mass is 9.88. The number of likely N-dealkylation sites (tertiary alicyclic amines) is 1. The van der Waals surface area contributed by atoms with Gasteiger partial charge in [-0.15, -0.1) is 12.4 Å². The van der Waals surface area contributed by atoms with Crippen LogP contribution in [0.15, 0.2) is 18.2 Å². The number of amides is 1. The van der Waals surface area contributed by atoms with Crippen molar-refractivity contribution in [1.29, 1.82) is 0 Å². The molecule has 5 heteroatoms. The number of benzene rings is 1. The maximum Gasteiger partial charge on any atom is 0.254 e. The molecule has 1 amide bonds. The minimum Gasteiger partial charge on any atom is -0.338 e. The number of piperidine rings is 1. The molecule has 2 unspecified atom stereocenters. The molecule has 2 aliphatic rings. The fourth-order valence-corrected chi connectivity index (χ4v) is 3.40. The van der Waals surface area contributed by atoms with E-state index in [-0.39, 0.29) is 18.3 Å². The predicted molar refractivity (Wildman–Crippen MR) is 83.8 cm³/mol. The summed E-state index contributed by atoms with van der Waals surface area (Å²) in [6.07, 6.45) is 1.11. The molecule has 110 valence electrons. The Balaban J connectivity index is 0.00000147. The molecule has 0 bridgehead atoms. The standard InChI is InChI=1S/C15H19ClN2O.ClH/c1-10-13(3-2-4-14(10)16)15(19)18-6-5-11-7-17-8-12(11)9-18;/h2-4,11-12,17H,5-9H2,1H3;1H. The molecular formula is C15H20Cl2N2O. The Morgan fingerprint density at radius 3 is 2.90 bits per heavy atom. The third-order valence-corrected chi connectivity index (χ3v) is 4.90. The lowest BCUT2D eigenvalue weighted by Gasteiger charge is -2.34. The van der Waals surface area contributed by atoms with Crippen LogP contribution < -0.4 is 5.32 Å². The van der Waals surface area contributed by atoms with Crippen molar-refractivity contribution in [2.45, 2.75) is 13.3 Å². The van der Waals surface area contributed by atoms with E-state index in [4.69, 9.17) is 11.6 Å². The summed E-state index contributed by atoms with van der Waals surface area (Å²) in [7, 11) is 0. The van der Waals surface area contributed by atoms with E-state index in [9.17, 15) is 4.79 Å². The predicted octanol–water partition coefficient (Wildman–Crippen LogP) is 2.75. The number of halogens is 2. The van der Waals surface area contributed by atoms with Gasteiger partial charge in [-0.1, -0.05) is 17.7 Å². The number of rotatable bonds is 1. The molecule has 0 aromatic heterocycles. The first-order valence-electron chi connectivity index (χ1n) is 6.92. The summed E-state index contributed by atoms with van der Waals surface area (Å²) < 4.78 is 0. The van der Waals surface area contributed by atoms with E-state index in [1.54, 1.807) is 0 Å². The number of nitrogens with one attached hydrogen (secondary N) is 1. The van der Waals surface area contributed by atoms with Gasteiger partial charge < -0.3 is 10.2 Å². The van der Waals surface area contributed by atoms with Crippen LogP contribution >= 0.6 is 24.0 Å². The molecule has 2 fully saturated rings. The second kappa shape index (κ2) is 6.33. The van der Waals surface area contributed by atoms with Gasteiger partial charge >= 0.3 is 0 Å². The summed E-state index contributed by atoms with van der Waals surface area (Å²) in [5.74, 6) is 1.51. The monoisotopic (exact) mass is 314 g/mol. The summed E-state index contributed by atoms with van der Waals surface area (Å²) >= 11 is 6.11. The molecule has 0 radical (unpaired) electrons. The van der Waals surface area contributed by atoms with Gasteiger partial charge in [0.15, 0.2) is 0 Å². The van der Waals surface area contributed by atoms with Gasteiger partial charge in [0.1, 0.15) is 0 Å². The molecule has 1 N–H and O–H groups in total. The SMILES string of the molecule is Cc1c(Cl)cccc1C(=O)N1CCC2CNCC2C1.Cl. The molecule has 20 heavy (non-hydrogen) atoms. The average molecular weight is 315 g/mol. The number of fused-ring (bicyclic) bond motifs is 1. The molecule has 2 atom stereocenters. The van der Waals surface area contributed by atoms with E-state index in [1.165, 1.54) is 0 Å². The Morgan fingerprint density at radius 1 is 1.35 bits per heavy atom. The van der Waals surface area contributed by atoms with Crippen LogP contribution in [0.2, 0.25) is 5.02 Å². The summed E-state index contributed by atoms with van der Waals surface area (Å²) in [6, 6.07) is 5.57. The smallest absolute Gasteiger partial charge is 0.254 e. The largest absolute Gasteiger partial charge is 0.338 e. The zero-order chi connectivity index (χ0) is 13.4. The fraction of sp³-hybridized carbons (Fsp3) is 0.533. The average Bonchev–Trinajstić information content (AvgIpc) is 2.88. The van der Waals surface area contributed by atoms with E-state index in [2.05, 4.69) is 5.32 Å². The topological polar surface area (TPSA) is 32.3 Å². The van der Waals surface area contributed by atoms with Crippen LogP contribution in [0.3, 0.4) is 0 Å².